The first-order chi connectivity index (χ1) is 8.97. The molecule has 1 atom stereocenters. The number of rotatable bonds is 6. The molecule has 0 aliphatic heterocycles. The van der Waals surface area contributed by atoms with Crippen molar-refractivity contribution in [1.29, 1.82) is 0 Å². The summed E-state index contributed by atoms with van der Waals surface area (Å²) in [6.07, 6.45) is 5.41. The summed E-state index contributed by atoms with van der Waals surface area (Å²) in [4.78, 5) is 12.2. The highest BCUT2D eigenvalue weighted by Crippen LogP contribution is 2.38. The minimum absolute atomic E-state index is 0.0118. The summed E-state index contributed by atoms with van der Waals surface area (Å²) in [5.41, 5.74) is -0.854. The lowest BCUT2D eigenvalue weighted by Gasteiger charge is -2.30. The number of esters is 1. The van der Waals surface area contributed by atoms with E-state index in [4.69, 9.17) is 25.8 Å². The molecule has 0 aromatic heterocycles. The molecule has 5 heteroatoms. The second-order valence-electron chi connectivity index (χ2n) is 4.66. The van der Waals surface area contributed by atoms with Gasteiger partial charge in [0.25, 0.3) is 0 Å². The molecular formula is C14H21ClO4. The van der Waals surface area contributed by atoms with Crippen LogP contribution in [0.2, 0.25) is 0 Å². The summed E-state index contributed by atoms with van der Waals surface area (Å²) >= 11 is 5.99. The second-order valence-corrected chi connectivity index (χ2v) is 5.40. The van der Waals surface area contributed by atoms with Gasteiger partial charge in [0, 0.05) is 5.38 Å². The largest absolute Gasteiger partial charge is 0.501 e. The van der Waals surface area contributed by atoms with Crippen LogP contribution in [0.15, 0.2) is 23.7 Å². The minimum atomic E-state index is -0.854. The van der Waals surface area contributed by atoms with Crippen LogP contribution in [-0.2, 0) is 19.0 Å². The van der Waals surface area contributed by atoms with Crippen molar-refractivity contribution in [2.45, 2.75) is 31.6 Å². The van der Waals surface area contributed by atoms with Gasteiger partial charge in [0.15, 0.2) is 0 Å². The number of hydrogen-bond acceptors (Lipinski definition) is 4. The van der Waals surface area contributed by atoms with E-state index in [1.807, 2.05) is 6.92 Å². The molecule has 0 bridgehead atoms. The predicted molar refractivity (Wildman–Crippen MR) is 73.8 cm³/mol. The van der Waals surface area contributed by atoms with Gasteiger partial charge < -0.3 is 14.2 Å². The molecule has 19 heavy (non-hydrogen) atoms. The Balaban J connectivity index is 3.11. The molecule has 0 spiro atoms. The average Bonchev–Trinajstić information content (AvgIpc) is 2.43. The van der Waals surface area contributed by atoms with Crippen LogP contribution >= 0.6 is 11.6 Å². The van der Waals surface area contributed by atoms with Crippen molar-refractivity contribution in [2.75, 3.05) is 21.3 Å². The van der Waals surface area contributed by atoms with Crippen LogP contribution in [0.3, 0.4) is 0 Å². The number of hydrogen-bond donors (Lipinski definition) is 0. The highest BCUT2D eigenvalue weighted by atomic mass is 35.5. The summed E-state index contributed by atoms with van der Waals surface area (Å²) in [6.45, 7) is 1.90. The number of alkyl halides is 1. The van der Waals surface area contributed by atoms with Gasteiger partial charge in [-0.15, -0.1) is 11.6 Å². The Morgan fingerprint density at radius 3 is 2.21 bits per heavy atom. The Bertz CT molecular complexity index is 365. The highest BCUT2D eigenvalue weighted by molar-refractivity contribution is 6.20. The van der Waals surface area contributed by atoms with Crippen LogP contribution in [0, 0.1) is 5.41 Å². The maximum absolute atomic E-state index is 12.2. The van der Waals surface area contributed by atoms with Gasteiger partial charge in [-0.25, -0.2) is 0 Å². The molecule has 0 saturated heterocycles. The Kier molecular flexibility index (Phi) is 5.73. The zero-order chi connectivity index (χ0) is 14.5. The lowest BCUT2D eigenvalue weighted by Crippen LogP contribution is -2.32. The number of carbonyl (C=O) groups is 1. The molecule has 4 nitrogen and oxygen atoms in total. The SMILES string of the molecule is COC(=O)C1(CCC(C)Cl)C=C(OC)CC(OC)=C1. The van der Waals surface area contributed by atoms with Crippen LogP contribution in [0.1, 0.15) is 26.2 Å². The van der Waals surface area contributed by atoms with Gasteiger partial charge in [-0.1, -0.05) is 0 Å². The third-order valence-electron chi connectivity index (χ3n) is 3.23. The number of ether oxygens (including phenoxy) is 3. The van der Waals surface area contributed by atoms with Gasteiger partial charge >= 0.3 is 5.97 Å². The maximum atomic E-state index is 12.2. The van der Waals surface area contributed by atoms with E-state index in [-0.39, 0.29) is 11.3 Å². The van der Waals surface area contributed by atoms with Gasteiger partial charge in [-0.2, -0.15) is 0 Å². The van der Waals surface area contributed by atoms with Crippen molar-refractivity contribution >= 4 is 17.6 Å². The lowest BCUT2D eigenvalue weighted by molar-refractivity contribution is -0.148. The molecule has 108 valence electrons. The van der Waals surface area contributed by atoms with Gasteiger partial charge in [-0.05, 0) is 31.9 Å². The molecular weight excluding hydrogens is 268 g/mol. The lowest BCUT2D eigenvalue weighted by atomic mass is 9.78. The van der Waals surface area contributed by atoms with E-state index >= 15 is 0 Å². The first kappa shape index (κ1) is 15.9. The number of carbonyl (C=O) groups excluding carboxylic acids is 1. The molecule has 0 aromatic rings. The summed E-state index contributed by atoms with van der Waals surface area (Å²) in [6, 6.07) is 0. The molecule has 1 unspecified atom stereocenters. The molecule has 1 rings (SSSR count). The van der Waals surface area contributed by atoms with Crippen LogP contribution in [-0.4, -0.2) is 32.7 Å². The van der Waals surface area contributed by atoms with E-state index in [1.165, 1.54) is 7.11 Å². The summed E-state index contributed by atoms with van der Waals surface area (Å²) in [5.74, 6) is 1.08. The smallest absolute Gasteiger partial charge is 0.319 e. The topological polar surface area (TPSA) is 44.8 Å². The molecule has 0 fully saturated rings. The van der Waals surface area contributed by atoms with Gasteiger partial charge in [0.2, 0.25) is 0 Å². The van der Waals surface area contributed by atoms with Crippen molar-refractivity contribution in [1.82, 2.24) is 0 Å². The molecule has 0 radical (unpaired) electrons. The van der Waals surface area contributed by atoms with Crippen LogP contribution in [0.25, 0.3) is 0 Å². The summed E-state index contributed by atoms with van der Waals surface area (Å²) in [5, 5.41) is -0.0118. The first-order valence-electron chi connectivity index (χ1n) is 6.21. The Labute approximate surface area is 119 Å². The van der Waals surface area contributed by atoms with Crippen molar-refractivity contribution in [2.24, 2.45) is 5.41 Å². The monoisotopic (exact) mass is 288 g/mol. The second kappa shape index (κ2) is 6.85. The van der Waals surface area contributed by atoms with E-state index in [0.29, 0.717) is 30.8 Å². The van der Waals surface area contributed by atoms with Crippen LogP contribution in [0.5, 0.6) is 0 Å². The molecule has 0 amide bonds. The maximum Gasteiger partial charge on any atom is 0.319 e. The molecule has 1 aliphatic rings. The minimum Gasteiger partial charge on any atom is -0.501 e. The number of methoxy groups -OCH3 is 3. The van der Waals surface area contributed by atoms with Gasteiger partial charge in [-0.3, -0.25) is 4.79 Å². The normalized spacial score (nSPS) is 19.0. The fourth-order valence-electron chi connectivity index (χ4n) is 2.14. The standard InChI is InChI=1S/C14H21ClO4/c1-10(15)5-6-14(13(16)19-4)8-11(17-2)7-12(9-14)18-3/h8-10H,5-7H2,1-4H3. The van der Waals surface area contributed by atoms with E-state index in [0.717, 1.165) is 0 Å². The first-order valence-corrected chi connectivity index (χ1v) is 6.65. The quantitative estimate of drug-likeness (QED) is 0.557. The third kappa shape index (κ3) is 3.90. The molecule has 0 aromatic carbocycles. The zero-order valence-electron chi connectivity index (χ0n) is 11.9. The third-order valence-corrected chi connectivity index (χ3v) is 3.45. The van der Waals surface area contributed by atoms with E-state index < -0.39 is 5.41 Å². The van der Waals surface area contributed by atoms with Gasteiger partial charge in [0.05, 0.1) is 27.8 Å². The molecule has 1 aliphatic carbocycles. The Morgan fingerprint density at radius 1 is 1.32 bits per heavy atom. The average molecular weight is 289 g/mol. The van der Waals surface area contributed by atoms with E-state index in [1.54, 1.807) is 26.4 Å². The number of halogens is 1. The fourth-order valence-corrected chi connectivity index (χ4v) is 2.25. The van der Waals surface area contributed by atoms with Crippen molar-refractivity contribution in [3.05, 3.63) is 23.7 Å². The van der Waals surface area contributed by atoms with Crippen LogP contribution in [0.4, 0.5) is 0 Å². The molecule has 0 saturated carbocycles. The molecule has 0 N–H and O–H groups in total. The van der Waals surface area contributed by atoms with Gasteiger partial charge in [0.1, 0.15) is 16.9 Å². The van der Waals surface area contributed by atoms with Crippen LogP contribution < -0.4 is 0 Å². The Morgan fingerprint density at radius 2 is 1.84 bits per heavy atom. The van der Waals surface area contributed by atoms with E-state index in [9.17, 15) is 4.79 Å². The molecule has 0 heterocycles. The Hall–Kier alpha value is -1.16. The van der Waals surface area contributed by atoms with E-state index in [2.05, 4.69) is 0 Å². The van der Waals surface area contributed by atoms with Crippen molar-refractivity contribution in [3.8, 4) is 0 Å². The summed E-state index contributed by atoms with van der Waals surface area (Å²) < 4.78 is 15.5. The fraction of sp³-hybridized carbons (Fsp3) is 0.643. The summed E-state index contributed by atoms with van der Waals surface area (Å²) in [7, 11) is 4.54. The predicted octanol–water partition coefficient (Wildman–Crippen LogP) is 3.02. The highest BCUT2D eigenvalue weighted by Gasteiger charge is 2.39. The zero-order valence-corrected chi connectivity index (χ0v) is 12.6. The van der Waals surface area contributed by atoms with Crippen molar-refractivity contribution in [3.63, 3.8) is 0 Å². The van der Waals surface area contributed by atoms with Crippen molar-refractivity contribution < 1.29 is 19.0 Å².